The summed E-state index contributed by atoms with van der Waals surface area (Å²) < 4.78 is 10.9. The number of aliphatic hydroxyl groups excluding tert-OH is 1. The van der Waals surface area contributed by atoms with E-state index in [0.717, 1.165) is 36.6 Å². The van der Waals surface area contributed by atoms with Crippen molar-refractivity contribution in [1.29, 1.82) is 0 Å². The van der Waals surface area contributed by atoms with Gasteiger partial charge in [-0.1, -0.05) is 0 Å². The summed E-state index contributed by atoms with van der Waals surface area (Å²) in [6.07, 6.45) is 3.66. The zero-order chi connectivity index (χ0) is 14.1. The Morgan fingerprint density at radius 2 is 1.52 bits per heavy atom. The highest BCUT2D eigenvalue weighted by Gasteiger charge is 2.35. The molecule has 1 aromatic rings. The highest BCUT2D eigenvalue weighted by molar-refractivity contribution is 5.85. The SMILES string of the molecule is COc1ccc(OC)c2c1C[C@H](O)[C@@H](N1CCCC1)C2.Cl. The zero-order valence-electron chi connectivity index (χ0n) is 12.7. The lowest BCUT2D eigenvalue weighted by molar-refractivity contribution is 0.0542. The van der Waals surface area contributed by atoms with Crippen molar-refractivity contribution in [2.45, 2.75) is 37.8 Å². The summed E-state index contributed by atoms with van der Waals surface area (Å²) in [5, 5.41) is 10.5. The number of hydrogen-bond donors (Lipinski definition) is 1. The van der Waals surface area contributed by atoms with Gasteiger partial charge in [-0.05, 0) is 44.5 Å². The van der Waals surface area contributed by atoms with E-state index in [0.29, 0.717) is 6.42 Å². The predicted molar refractivity (Wildman–Crippen MR) is 84.8 cm³/mol. The molecule has 21 heavy (non-hydrogen) atoms. The van der Waals surface area contributed by atoms with Crippen LogP contribution in [0.3, 0.4) is 0 Å². The van der Waals surface area contributed by atoms with Crippen molar-refractivity contribution in [3.8, 4) is 11.5 Å². The lowest BCUT2D eigenvalue weighted by atomic mass is 9.84. The minimum Gasteiger partial charge on any atom is -0.496 e. The van der Waals surface area contributed by atoms with Crippen LogP contribution in [0.4, 0.5) is 0 Å². The highest BCUT2D eigenvalue weighted by Crippen LogP contribution is 2.37. The fraction of sp³-hybridized carbons (Fsp3) is 0.625. The Balaban J connectivity index is 0.00000161. The molecule has 1 N–H and O–H groups in total. The maximum Gasteiger partial charge on any atom is 0.122 e. The third-order valence-electron chi connectivity index (χ3n) is 4.67. The lowest BCUT2D eigenvalue weighted by Gasteiger charge is -2.37. The summed E-state index contributed by atoms with van der Waals surface area (Å²) in [7, 11) is 3.39. The molecule has 2 aliphatic rings. The molecule has 1 heterocycles. The van der Waals surface area contributed by atoms with Crippen molar-refractivity contribution in [2.75, 3.05) is 27.3 Å². The minimum atomic E-state index is -0.318. The van der Waals surface area contributed by atoms with Crippen LogP contribution in [0.5, 0.6) is 11.5 Å². The quantitative estimate of drug-likeness (QED) is 0.927. The van der Waals surface area contributed by atoms with E-state index in [-0.39, 0.29) is 24.6 Å². The van der Waals surface area contributed by atoms with Crippen molar-refractivity contribution in [3.05, 3.63) is 23.3 Å². The Labute approximate surface area is 132 Å². The maximum atomic E-state index is 10.5. The number of likely N-dealkylation sites (tertiary alicyclic amines) is 1. The first-order valence-electron chi connectivity index (χ1n) is 7.39. The first-order valence-corrected chi connectivity index (χ1v) is 7.39. The van der Waals surface area contributed by atoms with Gasteiger partial charge in [-0.2, -0.15) is 0 Å². The van der Waals surface area contributed by atoms with Gasteiger partial charge in [-0.25, -0.2) is 0 Å². The molecule has 4 nitrogen and oxygen atoms in total. The van der Waals surface area contributed by atoms with Gasteiger partial charge in [0.1, 0.15) is 11.5 Å². The van der Waals surface area contributed by atoms with Crippen LogP contribution in [0.25, 0.3) is 0 Å². The average molecular weight is 314 g/mol. The molecule has 2 atom stereocenters. The standard InChI is InChI=1S/C16H23NO3.ClH/c1-19-15-5-6-16(20-2)12-10-14(18)13(9-11(12)15)17-7-3-4-8-17;/h5-6,13-14,18H,3-4,7-10H2,1-2H3;1H/t13-,14-;/m0./s1. The van der Waals surface area contributed by atoms with E-state index in [1.54, 1.807) is 14.2 Å². The van der Waals surface area contributed by atoms with Crippen molar-refractivity contribution < 1.29 is 14.6 Å². The molecule has 0 spiro atoms. The van der Waals surface area contributed by atoms with Crippen molar-refractivity contribution >= 4 is 12.4 Å². The van der Waals surface area contributed by atoms with E-state index in [1.807, 2.05) is 12.1 Å². The van der Waals surface area contributed by atoms with E-state index in [1.165, 1.54) is 18.4 Å². The summed E-state index contributed by atoms with van der Waals surface area (Å²) >= 11 is 0. The number of benzene rings is 1. The van der Waals surface area contributed by atoms with Gasteiger partial charge < -0.3 is 14.6 Å². The van der Waals surface area contributed by atoms with Gasteiger partial charge in [0.2, 0.25) is 0 Å². The zero-order valence-corrected chi connectivity index (χ0v) is 13.5. The molecule has 5 heteroatoms. The van der Waals surface area contributed by atoms with Crippen LogP contribution >= 0.6 is 12.4 Å². The van der Waals surface area contributed by atoms with Crippen LogP contribution in [-0.4, -0.2) is 49.5 Å². The number of methoxy groups -OCH3 is 2. The smallest absolute Gasteiger partial charge is 0.122 e. The largest absolute Gasteiger partial charge is 0.496 e. The molecule has 0 radical (unpaired) electrons. The summed E-state index contributed by atoms with van der Waals surface area (Å²) in [6.45, 7) is 2.20. The molecule has 118 valence electrons. The van der Waals surface area contributed by atoms with Crippen LogP contribution in [-0.2, 0) is 12.8 Å². The Bertz CT molecular complexity index is 489. The van der Waals surface area contributed by atoms with Crippen molar-refractivity contribution in [1.82, 2.24) is 4.90 Å². The Morgan fingerprint density at radius 3 is 2.05 bits per heavy atom. The average Bonchev–Trinajstić information content (AvgIpc) is 2.99. The van der Waals surface area contributed by atoms with E-state index in [2.05, 4.69) is 4.90 Å². The second-order valence-corrected chi connectivity index (χ2v) is 5.71. The van der Waals surface area contributed by atoms with Crippen LogP contribution < -0.4 is 9.47 Å². The van der Waals surface area contributed by atoms with E-state index in [9.17, 15) is 5.11 Å². The summed E-state index contributed by atoms with van der Waals surface area (Å²) in [4.78, 5) is 2.42. The predicted octanol–water partition coefficient (Wildman–Crippen LogP) is 2.05. The van der Waals surface area contributed by atoms with Gasteiger partial charge in [0.25, 0.3) is 0 Å². The number of rotatable bonds is 3. The second-order valence-electron chi connectivity index (χ2n) is 5.71. The molecule has 0 bridgehead atoms. The fourth-order valence-corrected chi connectivity index (χ4v) is 3.62. The fourth-order valence-electron chi connectivity index (χ4n) is 3.62. The third-order valence-corrected chi connectivity index (χ3v) is 4.67. The monoisotopic (exact) mass is 313 g/mol. The molecule has 1 saturated heterocycles. The molecular weight excluding hydrogens is 290 g/mol. The van der Waals surface area contributed by atoms with Crippen molar-refractivity contribution in [2.24, 2.45) is 0 Å². The molecule has 1 aromatic carbocycles. The van der Waals surface area contributed by atoms with Crippen LogP contribution in [0.2, 0.25) is 0 Å². The van der Waals surface area contributed by atoms with Crippen LogP contribution in [0, 0.1) is 0 Å². The van der Waals surface area contributed by atoms with Gasteiger partial charge in [-0.15, -0.1) is 12.4 Å². The number of fused-ring (bicyclic) bond motifs is 1. The number of hydrogen-bond acceptors (Lipinski definition) is 4. The third kappa shape index (κ3) is 2.98. The van der Waals surface area contributed by atoms with Gasteiger partial charge in [0.15, 0.2) is 0 Å². The summed E-state index contributed by atoms with van der Waals surface area (Å²) in [5.41, 5.74) is 2.31. The molecule has 0 aromatic heterocycles. The number of halogens is 1. The first kappa shape index (κ1) is 16.4. The first-order chi connectivity index (χ1) is 9.74. The topological polar surface area (TPSA) is 41.9 Å². The lowest BCUT2D eigenvalue weighted by Crippen LogP contribution is -2.47. The molecule has 0 unspecified atom stereocenters. The van der Waals surface area contributed by atoms with Gasteiger partial charge >= 0.3 is 0 Å². The number of ether oxygens (including phenoxy) is 2. The van der Waals surface area contributed by atoms with E-state index in [4.69, 9.17) is 9.47 Å². The molecule has 3 rings (SSSR count). The second kappa shape index (κ2) is 6.86. The Morgan fingerprint density at radius 1 is 1.00 bits per heavy atom. The van der Waals surface area contributed by atoms with E-state index < -0.39 is 0 Å². The van der Waals surface area contributed by atoms with Gasteiger partial charge in [0, 0.05) is 23.6 Å². The van der Waals surface area contributed by atoms with Crippen molar-refractivity contribution in [3.63, 3.8) is 0 Å². The Kier molecular flexibility index (Phi) is 5.36. The number of nitrogens with zero attached hydrogens (tertiary/aromatic N) is 1. The molecule has 1 aliphatic carbocycles. The van der Waals surface area contributed by atoms with E-state index >= 15 is 0 Å². The summed E-state index contributed by atoms with van der Waals surface area (Å²) in [6, 6.07) is 4.11. The normalized spacial score (nSPS) is 25.1. The number of aliphatic hydroxyl groups is 1. The summed E-state index contributed by atoms with van der Waals surface area (Å²) in [5.74, 6) is 1.77. The van der Waals surface area contributed by atoms with Gasteiger partial charge in [0.05, 0.1) is 20.3 Å². The van der Waals surface area contributed by atoms with Crippen LogP contribution in [0.15, 0.2) is 12.1 Å². The molecule has 0 amide bonds. The maximum absolute atomic E-state index is 10.5. The molecule has 1 aliphatic heterocycles. The molecular formula is C16H24ClNO3. The Hall–Kier alpha value is -0.970. The molecule has 1 fully saturated rings. The molecule has 0 saturated carbocycles. The van der Waals surface area contributed by atoms with Gasteiger partial charge in [-0.3, -0.25) is 4.90 Å². The minimum absolute atomic E-state index is 0. The van der Waals surface area contributed by atoms with Crippen LogP contribution in [0.1, 0.15) is 24.0 Å². The highest BCUT2D eigenvalue weighted by atomic mass is 35.5.